The first-order valence-electron chi connectivity index (χ1n) is 6.54. The van der Waals surface area contributed by atoms with E-state index in [1.54, 1.807) is 29.5 Å². The molecule has 3 N–H and O–H groups in total. The minimum atomic E-state index is -0.935. The Kier molecular flexibility index (Phi) is 3.14. The van der Waals surface area contributed by atoms with E-state index in [9.17, 15) is 9.90 Å². The fourth-order valence-electron chi connectivity index (χ4n) is 2.87. The third kappa shape index (κ3) is 1.94. The molecule has 4 nitrogen and oxygen atoms in total. The first-order valence-corrected chi connectivity index (χ1v) is 7.42. The average molecular weight is 288 g/mol. The van der Waals surface area contributed by atoms with Gasteiger partial charge in [-0.3, -0.25) is 0 Å². The average Bonchev–Trinajstić information content (AvgIpc) is 2.89. The van der Waals surface area contributed by atoms with Gasteiger partial charge in [0.05, 0.1) is 23.0 Å². The number of anilines is 2. The smallest absolute Gasteiger partial charge is 0.337 e. The largest absolute Gasteiger partial charge is 0.478 e. The minimum Gasteiger partial charge on any atom is -0.478 e. The Hall–Kier alpha value is -2.01. The molecule has 104 valence electrons. The maximum atomic E-state index is 11.4. The van der Waals surface area contributed by atoms with Gasteiger partial charge in [0.1, 0.15) is 0 Å². The molecule has 20 heavy (non-hydrogen) atoms. The lowest BCUT2D eigenvalue weighted by atomic mass is 9.98. The first-order chi connectivity index (χ1) is 9.59. The Labute approximate surface area is 121 Å². The molecule has 0 saturated heterocycles. The summed E-state index contributed by atoms with van der Waals surface area (Å²) >= 11 is 1.77. The zero-order valence-corrected chi connectivity index (χ0v) is 12.0. The lowest BCUT2D eigenvalue weighted by molar-refractivity contribution is 0.0697. The van der Waals surface area contributed by atoms with E-state index in [4.69, 9.17) is 5.73 Å². The second-order valence-electron chi connectivity index (χ2n) is 4.97. The third-order valence-electron chi connectivity index (χ3n) is 3.86. The van der Waals surface area contributed by atoms with Crippen LogP contribution in [0.25, 0.3) is 0 Å². The number of para-hydroxylation sites is 1. The number of rotatable bonds is 2. The number of hydrogen-bond acceptors (Lipinski definition) is 4. The van der Waals surface area contributed by atoms with E-state index in [2.05, 4.69) is 23.3 Å². The second kappa shape index (κ2) is 4.83. The number of fused-ring (bicyclic) bond motifs is 1. The van der Waals surface area contributed by atoms with Gasteiger partial charge in [0.2, 0.25) is 0 Å². The van der Waals surface area contributed by atoms with Crippen LogP contribution in [-0.2, 0) is 6.42 Å². The molecule has 2 aromatic rings. The number of hydrogen-bond donors (Lipinski definition) is 2. The van der Waals surface area contributed by atoms with Gasteiger partial charge < -0.3 is 15.7 Å². The number of carboxylic acid groups (broad SMARTS) is 1. The highest BCUT2D eigenvalue weighted by molar-refractivity contribution is 7.10. The van der Waals surface area contributed by atoms with Crippen LogP contribution in [0.5, 0.6) is 0 Å². The quantitative estimate of drug-likeness (QED) is 0.833. The summed E-state index contributed by atoms with van der Waals surface area (Å²) < 4.78 is 0. The summed E-state index contributed by atoms with van der Waals surface area (Å²) in [4.78, 5) is 14.9. The van der Waals surface area contributed by atoms with Crippen molar-refractivity contribution in [1.82, 2.24) is 0 Å². The van der Waals surface area contributed by atoms with E-state index >= 15 is 0 Å². The van der Waals surface area contributed by atoms with Crippen LogP contribution in [0.4, 0.5) is 11.4 Å². The van der Waals surface area contributed by atoms with Gasteiger partial charge >= 0.3 is 5.97 Å². The fourth-order valence-corrected chi connectivity index (χ4v) is 3.83. The minimum absolute atomic E-state index is 0.146. The highest BCUT2D eigenvalue weighted by Gasteiger charge is 2.28. The maximum absolute atomic E-state index is 11.4. The third-order valence-corrected chi connectivity index (χ3v) is 4.86. The Morgan fingerprint density at radius 3 is 3.00 bits per heavy atom. The number of thiophene rings is 1. The lowest BCUT2D eigenvalue weighted by Gasteiger charge is -2.37. The monoisotopic (exact) mass is 288 g/mol. The van der Waals surface area contributed by atoms with Crippen LogP contribution in [0.2, 0.25) is 0 Å². The van der Waals surface area contributed by atoms with Gasteiger partial charge in [-0.1, -0.05) is 6.07 Å². The molecule has 0 saturated carbocycles. The number of nitrogens with zero attached hydrogens (tertiary/aromatic N) is 1. The Morgan fingerprint density at radius 1 is 1.45 bits per heavy atom. The van der Waals surface area contributed by atoms with Crippen LogP contribution in [-0.4, -0.2) is 17.6 Å². The molecule has 1 aromatic heterocycles. The SMILES string of the molecule is CC1c2ccsc2CCN1c1c(N)cccc1C(=O)O. The van der Waals surface area contributed by atoms with Gasteiger partial charge in [-0.2, -0.15) is 0 Å². The van der Waals surface area contributed by atoms with E-state index < -0.39 is 5.97 Å². The number of nitrogens with two attached hydrogens (primary N) is 1. The molecule has 0 amide bonds. The molecule has 3 rings (SSSR count). The normalized spacial score (nSPS) is 17.9. The van der Waals surface area contributed by atoms with Crippen LogP contribution in [0.1, 0.15) is 33.8 Å². The number of aromatic carboxylic acids is 1. The molecule has 1 aromatic carbocycles. The second-order valence-corrected chi connectivity index (χ2v) is 5.97. The highest BCUT2D eigenvalue weighted by Crippen LogP contribution is 2.39. The van der Waals surface area contributed by atoms with Gasteiger partial charge in [0.25, 0.3) is 0 Å². The molecule has 0 spiro atoms. The Balaban J connectivity index is 2.09. The molecular formula is C15H16N2O2S. The van der Waals surface area contributed by atoms with Crippen molar-refractivity contribution in [3.63, 3.8) is 0 Å². The summed E-state index contributed by atoms with van der Waals surface area (Å²) in [7, 11) is 0. The predicted molar refractivity (Wildman–Crippen MR) is 81.6 cm³/mol. The van der Waals surface area contributed by atoms with E-state index in [0.29, 0.717) is 11.4 Å². The zero-order valence-electron chi connectivity index (χ0n) is 11.2. The number of benzene rings is 1. The van der Waals surface area contributed by atoms with Crippen molar-refractivity contribution in [2.45, 2.75) is 19.4 Å². The van der Waals surface area contributed by atoms with Crippen molar-refractivity contribution >= 4 is 28.7 Å². The van der Waals surface area contributed by atoms with Gasteiger partial charge in [-0.15, -0.1) is 11.3 Å². The van der Waals surface area contributed by atoms with Gasteiger partial charge in [0, 0.05) is 11.4 Å². The topological polar surface area (TPSA) is 66.6 Å². The van der Waals surface area contributed by atoms with E-state index in [0.717, 1.165) is 13.0 Å². The number of nitrogen functional groups attached to an aromatic ring is 1. The van der Waals surface area contributed by atoms with Gasteiger partial charge in [0.15, 0.2) is 0 Å². The summed E-state index contributed by atoms with van der Waals surface area (Å²) in [6.45, 7) is 2.89. The van der Waals surface area contributed by atoms with Crippen LogP contribution in [0, 0.1) is 0 Å². The van der Waals surface area contributed by atoms with Gasteiger partial charge in [-0.05, 0) is 42.5 Å². The highest BCUT2D eigenvalue weighted by atomic mass is 32.1. The zero-order chi connectivity index (χ0) is 14.3. The molecule has 5 heteroatoms. The van der Waals surface area contributed by atoms with Crippen molar-refractivity contribution < 1.29 is 9.90 Å². The summed E-state index contributed by atoms with van der Waals surface area (Å²) in [5, 5.41) is 11.5. The number of carbonyl (C=O) groups is 1. The molecule has 0 bridgehead atoms. The van der Waals surface area contributed by atoms with Crippen molar-refractivity contribution in [3.05, 3.63) is 45.6 Å². The van der Waals surface area contributed by atoms with Crippen LogP contribution < -0.4 is 10.6 Å². The molecule has 0 aliphatic carbocycles. The van der Waals surface area contributed by atoms with Crippen LogP contribution in [0.3, 0.4) is 0 Å². The molecule has 1 atom stereocenters. The molecule has 1 aliphatic heterocycles. The van der Waals surface area contributed by atoms with Crippen molar-refractivity contribution in [1.29, 1.82) is 0 Å². The van der Waals surface area contributed by atoms with Crippen molar-refractivity contribution in [2.75, 3.05) is 17.2 Å². The fraction of sp³-hybridized carbons (Fsp3) is 0.267. The molecule has 0 radical (unpaired) electrons. The Morgan fingerprint density at radius 2 is 2.25 bits per heavy atom. The lowest BCUT2D eigenvalue weighted by Crippen LogP contribution is -2.34. The van der Waals surface area contributed by atoms with Crippen molar-refractivity contribution in [3.8, 4) is 0 Å². The summed E-state index contributed by atoms with van der Waals surface area (Å²) in [6.07, 6.45) is 0.935. The maximum Gasteiger partial charge on any atom is 0.337 e. The van der Waals surface area contributed by atoms with Crippen LogP contribution >= 0.6 is 11.3 Å². The first kappa shape index (κ1) is 13.0. The molecule has 1 unspecified atom stereocenters. The molecule has 2 heterocycles. The summed E-state index contributed by atoms with van der Waals surface area (Å²) in [5.74, 6) is -0.935. The summed E-state index contributed by atoms with van der Waals surface area (Å²) in [5.41, 5.74) is 8.76. The number of carboxylic acids is 1. The Bertz CT molecular complexity index is 666. The standard InChI is InChI=1S/C15H16N2O2S/c1-9-10-6-8-20-13(10)5-7-17(9)14-11(15(18)19)3-2-4-12(14)16/h2-4,6,8-9H,5,7,16H2,1H3,(H,18,19). The van der Waals surface area contributed by atoms with Crippen LogP contribution in [0.15, 0.2) is 29.6 Å². The van der Waals surface area contributed by atoms with E-state index in [-0.39, 0.29) is 11.6 Å². The van der Waals surface area contributed by atoms with Crippen molar-refractivity contribution in [2.24, 2.45) is 0 Å². The predicted octanol–water partition coefficient (Wildman–Crippen LogP) is 3.15. The molecular weight excluding hydrogens is 272 g/mol. The summed E-state index contributed by atoms with van der Waals surface area (Å²) in [6, 6.07) is 7.33. The van der Waals surface area contributed by atoms with Gasteiger partial charge in [-0.25, -0.2) is 4.79 Å². The molecule has 0 fully saturated rings. The van der Waals surface area contributed by atoms with E-state index in [1.807, 2.05) is 0 Å². The molecule has 1 aliphatic rings. The van der Waals surface area contributed by atoms with E-state index in [1.165, 1.54) is 10.4 Å².